The van der Waals surface area contributed by atoms with Crippen LogP contribution in [0, 0.1) is 5.92 Å². The lowest BCUT2D eigenvalue weighted by molar-refractivity contribution is -0.117. The number of amides is 1. The highest BCUT2D eigenvalue weighted by atomic mass is 16.3. The Morgan fingerprint density at radius 3 is 2.74 bits per heavy atom. The van der Waals surface area contributed by atoms with E-state index in [1.807, 2.05) is 10.9 Å². The van der Waals surface area contributed by atoms with Crippen molar-refractivity contribution in [2.75, 3.05) is 18.5 Å². The molecule has 126 valence electrons. The first kappa shape index (κ1) is 15.1. The molecule has 2 heterocycles. The van der Waals surface area contributed by atoms with Crippen molar-refractivity contribution in [2.45, 2.75) is 63.1 Å². The summed E-state index contributed by atoms with van der Waals surface area (Å²) < 4.78 is 1.97. The van der Waals surface area contributed by atoms with E-state index in [0.717, 1.165) is 31.5 Å². The summed E-state index contributed by atoms with van der Waals surface area (Å²) in [5.74, 6) is 0.332. The van der Waals surface area contributed by atoms with Gasteiger partial charge in [0.15, 0.2) is 0 Å². The summed E-state index contributed by atoms with van der Waals surface area (Å²) in [4.78, 5) is 14.3. The molecule has 2 saturated carbocycles. The number of rotatable bonds is 5. The van der Waals surface area contributed by atoms with E-state index in [-0.39, 0.29) is 24.5 Å². The van der Waals surface area contributed by atoms with Crippen LogP contribution >= 0.6 is 0 Å². The molecular formula is C17H26N4O2. The number of aliphatic hydroxyl groups excluding tert-OH is 1. The normalized spacial score (nSPS) is 29.3. The number of aliphatic hydroxyl groups is 1. The first-order valence-electron chi connectivity index (χ1n) is 8.96. The fourth-order valence-corrected chi connectivity index (χ4v) is 4.16. The third kappa shape index (κ3) is 3.15. The van der Waals surface area contributed by atoms with Gasteiger partial charge in [0.2, 0.25) is 5.91 Å². The molecule has 1 aromatic rings. The molecule has 3 aliphatic rings. The third-order valence-corrected chi connectivity index (χ3v) is 5.63. The summed E-state index contributed by atoms with van der Waals surface area (Å²) in [6, 6.07) is 1.16. The Labute approximate surface area is 136 Å². The molecule has 1 amide bonds. The van der Waals surface area contributed by atoms with Gasteiger partial charge < -0.3 is 10.4 Å². The van der Waals surface area contributed by atoms with Gasteiger partial charge in [0.1, 0.15) is 0 Å². The predicted octanol–water partition coefficient (Wildman–Crippen LogP) is 1.78. The van der Waals surface area contributed by atoms with E-state index in [1.54, 1.807) is 6.20 Å². The van der Waals surface area contributed by atoms with Crippen LogP contribution in [0.5, 0.6) is 0 Å². The molecule has 23 heavy (non-hydrogen) atoms. The minimum absolute atomic E-state index is 0.122. The molecule has 1 aromatic heterocycles. The van der Waals surface area contributed by atoms with Crippen molar-refractivity contribution in [3.8, 4) is 0 Å². The third-order valence-electron chi connectivity index (χ3n) is 5.63. The topological polar surface area (TPSA) is 70.4 Å². The Morgan fingerprint density at radius 2 is 2.04 bits per heavy atom. The highest BCUT2D eigenvalue weighted by Crippen LogP contribution is 2.35. The van der Waals surface area contributed by atoms with E-state index in [4.69, 9.17) is 0 Å². The van der Waals surface area contributed by atoms with Crippen molar-refractivity contribution < 1.29 is 9.90 Å². The van der Waals surface area contributed by atoms with Crippen LogP contribution in [0.25, 0.3) is 0 Å². The Bertz CT molecular complexity index is 563. The average Bonchev–Trinajstić information content (AvgIpc) is 2.96. The molecule has 0 aromatic carbocycles. The van der Waals surface area contributed by atoms with Gasteiger partial charge in [-0.15, -0.1) is 0 Å². The van der Waals surface area contributed by atoms with Gasteiger partial charge in [-0.2, -0.15) is 5.10 Å². The van der Waals surface area contributed by atoms with Crippen LogP contribution in [0.4, 0.5) is 5.69 Å². The second-order valence-corrected chi connectivity index (χ2v) is 7.33. The number of hydrogen-bond acceptors (Lipinski definition) is 4. The lowest BCUT2D eigenvalue weighted by Crippen LogP contribution is -2.39. The number of hydrogen-bond donors (Lipinski definition) is 2. The molecule has 3 fully saturated rings. The second kappa shape index (κ2) is 6.24. The summed E-state index contributed by atoms with van der Waals surface area (Å²) in [5, 5.41) is 17.1. The van der Waals surface area contributed by atoms with Crippen molar-refractivity contribution in [1.29, 1.82) is 0 Å². The minimum atomic E-state index is 0.122. The SMILES string of the molecule is O=C(Nc1cnn([C@H]2C[C@@H](CO)N(C3CCCC3)C2)c1)C1CC1. The van der Waals surface area contributed by atoms with E-state index in [9.17, 15) is 9.90 Å². The molecule has 2 aliphatic carbocycles. The van der Waals surface area contributed by atoms with Crippen LogP contribution in [-0.4, -0.2) is 50.9 Å². The Hall–Kier alpha value is -1.40. The predicted molar refractivity (Wildman–Crippen MR) is 87.1 cm³/mol. The summed E-state index contributed by atoms with van der Waals surface area (Å²) in [6.45, 7) is 1.17. The van der Waals surface area contributed by atoms with Gasteiger partial charge >= 0.3 is 0 Å². The highest BCUT2D eigenvalue weighted by molar-refractivity contribution is 5.93. The molecule has 6 nitrogen and oxygen atoms in total. The Kier molecular flexibility index (Phi) is 4.11. The summed E-state index contributed by atoms with van der Waals surface area (Å²) >= 11 is 0. The highest BCUT2D eigenvalue weighted by Gasteiger charge is 2.38. The van der Waals surface area contributed by atoms with Crippen LogP contribution in [0.15, 0.2) is 12.4 Å². The number of nitrogens with one attached hydrogen (secondary N) is 1. The molecule has 4 rings (SSSR count). The Balaban J connectivity index is 1.41. The minimum Gasteiger partial charge on any atom is -0.395 e. The van der Waals surface area contributed by atoms with Crippen LogP contribution in [0.3, 0.4) is 0 Å². The molecule has 0 spiro atoms. The van der Waals surface area contributed by atoms with E-state index in [0.29, 0.717) is 12.1 Å². The van der Waals surface area contributed by atoms with Gasteiger partial charge in [0.05, 0.1) is 24.5 Å². The van der Waals surface area contributed by atoms with Crippen molar-refractivity contribution >= 4 is 11.6 Å². The van der Waals surface area contributed by atoms with Crippen LogP contribution < -0.4 is 5.32 Å². The molecule has 0 radical (unpaired) electrons. The zero-order valence-electron chi connectivity index (χ0n) is 13.5. The smallest absolute Gasteiger partial charge is 0.227 e. The molecule has 0 unspecified atom stereocenters. The maximum absolute atomic E-state index is 11.8. The largest absolute Gasteiger partial charge is 0.395 e. The van der Waals surface area contributed by atoms with Gasteiger partial charge in [0.25, 0.3) is 0 Å². The Morgan fingerprint density at radius 1 is 1.26 bits per heavy atom. The number of likely N-dealkylation sites (tertiary alicyclic amines) is 1. The van der Waals surface area contributed by atoms with E-state index < -0.39 is 0 Å². The molecular weight excluding hydrogens is 292 g/mol. The van der Waals surface area contributed by atoms with E-state index in [1.165, 1.54) is 25.7 Å². The zero-order valence-corrected chi connectivity index (χ0v) is 13.5. The van der Waals surface area contributed by atoms with Gasteiger partial charge in [-0.25, -0.2) is 0 Å². The molecule has 1 saturated heterocycles. The lowest BCUT2D eigenvalue weighted by atomic mass is 10.1. The quantitative estimate of drug-likeness (QED) is 0.868. The first-order valence-corrected chi connectivity index (χ1v) is 8.96. The fourth-order valence-electron chi connectivity index (χ4n) is 4.16. The second-order valence-electron chi connectivity index (χ2n) is 7.33. The monoisotopic (exact) mass is 318 g/mol. The summed E-state index contributed by atoms with van der Waals surface area (Å²) in [7, 11) is 0. The van der Waals surface area contributed by atoms with Crippen LogP contribution in [0.2, 0.25) is 0 Å². The maximum Gasteiger partial charge on any atom is 0.227 e. The number of nitrogens with zero attached hydrogens (tertiary/aromatic N) is 3. The van der Waals surface area contributed by atoms with E-state index >= 15 is 0 Å². The van der Waals surface area contributed by atoms with Crippen molar-refractivity contribution in [3.63, 3.8) is 0 Å². The van der Waals surface area contributed by atoms with Crippen LogP contribution in [-0.2, 0) is 4.79 Å². The number of anilines is 1. The van der Waals surface area contributed by atoms with Gasteiger partial charge in [-0.1, -0.05) is 12.8 Å². The van der Waals surface area contributed by atoms with Crippen molar-refractivity contribution in [3.05, 3.63) is 12.4 Å². The van der Waals surface area contributed by atoms with Gasteiger partial charge in [-0.3, -0.25) is 14.4 Å². The zero-order chi connectivity index (χ0) is 15.8. The molecule has 0 bridgehead atoms. The van der Waals surface area contributed by atoms with Crippen molar-refractivity contribution in [2.24, 2.45) is 5.92 Å². The number of aromatic nitrogens is 2. The average molecular weight is 318 g/mol. The summed E-state index contributed by atoms with van der Waals surface area (Å²) in [6.07, 6.45) is 11.8. The molecule has 6 heteroatoms. The summed E-state index contributed by atoms with van der Waals surface area (Å²) in [5.41, 5.74) is 0.793. The van der Waals surface area contributed by atoms with Gasteiger partial charge in [-0.05, 0) is 32.1 Å². The first-order chi connectivity index (χ1) is 11.2. The van der Waals surface area contributed by atoms with Crippen molar-refractivity contribution in [1.82, 2.24) is 14.7 Å². The molecule has 1 aliphatic heterocycles. The van der Waals surface area contributed by atoms with Gasteiger partial charge in [0, 0.05) is 30.7 Å². The molecule has 2 atom stereocenters. The van der Waals surface area contributed by atoms with Crippen LogP contribution in [0.1, 0.15) is 51.0 Å². The lowest BCUT2D eigenvalue weighted by Gasteiger charge is -2.28. The van der Waals surface area contributed by atoms with E-state index in [2.05, 4.69) is 15.3 Å². The molecule has 2 N–H and O–H groups in total. The maximum atomic E-state index is 11.8. The standard InChI is InChI=1S/C17H26N4O2/c22-11-16-7-15(10-20(16)14-3-1-2-4-14)21-9-13(8-18-21)19-17(23)12-5-6-12/h8-9,12,14-16,22H,1-7,10-11H2,(H,19,23)/t15-,16-/m0/s1. The fraction of sp³-hybridized carbons (Fsp3) is 0.765. The number of carbonyl (C=O) groups excluding carboxylic acids is 1. The number of carbonyl (C=O) groups is 1.